The molecule has 1 aromatic rings. The van der Waals surface area contributed by atoms with Gasteiger partial charge in [-0.25, -0.2) is 0 Å². The second-order valence-electron chi connectivity index (χ2n) is 3.84. The van der Waals surface area contributed by atoms with Crippen LogP contribution in [0.25, 0.3) is 0 Å². The number of ether oxygens (including phenoxy) is 1. The van der Waals surface area contributed by atoms with Crippen molar-refractivity contribution >= 4 is 17.4 Å². The third kappa shape index (κ3) is 2.21. The summed E-state index contributed by atoms with van der Waals surface area (Å²) in [5.41, 5.74) is 0.568. The van der Waals surface area contributed by atoms with Crippen LogP contribution < -0.4 is 0 Å². The molecule has 1 unspecified atom stereocenters. The lowest BCUT2D eigenvalue weighted by Gasteiger charge is -2.13. The molecule has 2 rings (SSSR count). The molecule has 1 atom stereocenters. The third-order valence-electron chi connectivity index (χ3n) is 2.70. The van der Waals surface area contributed by atoms with Crippen LogP contribution in [0.4, 0.5) is 0 Å². The van der Waals surface area contributed by atoms with Gasteiger partial charge in [0.1, 0.15) is 6.10 Å². The summed E-state index contributed by atoms with van der Waals surface area (Å²) in [5.74, 6) is 0.393. The summed E-state index contributed by atoms with van der Waals surface area (Å²) in [6, 6.07) is 7.12. The molecule has 1 aromatic carbocycles. The first-order valence-electron chi connectivity index (χ1n) is 5.05. The monoisotopic (exact) mass is 224 g/mol. The van der Waals surface area contributed by atoms with Crippen molar-refractivity contribution in [2.45, 2.75) is 18.9 Å². The van der Waals surface area contributed by atoms with E-state index < -0.39 is 0 Å². The van der Waals surface area contributed by atoms with E-state index in [9.17, 15) is 4.79 Å². The zero-order valence-corrected chi connectivity index (χ0v) is 9.33. The van der Waals surface area contributed by atoms with E-state index in [1.807, 2.05) is 12.1 Å². The van der Waals surface area contributed by atoms with Crippen LogP contribution in [-0.4, -0.2) is 19.0 Å². The van der Waals surface area contributed by atoms with Gasteiger partial charge in [0, 0.05) is 12.7 Å². The number of Topliss-reactive ketones (excluding diaryl/α,β-unsaturated/α-hetero) is 1. The van der Waals surface area contributed by atoms with Gasteiger partial charge in [-0.2, -0.15) is 0 Å². The van der Waals surface area contributed by atoms with E-state index >= 15 is 0 Å². The van der Waals surface area contributed by atoms with Crippen LogP contribution in [0.5, 0.6) is 0 Å². The summed E-state index contributed by atoms with van der Waals surface area (Å²) < 4.78 is 5.24. The van der Waals surface area contributed by atoms with Crippen molar-refractivity contribution in [3.05, 3.63) is 34.9 Å². The first-order valence-corrected chi connectivity index (χ1v) is 5.43. The van der Waals surface area contributed by atoms with Gasteiger partial charge in [-0.1, -0.05) is 23.7 Å². The molecule has 1 fully saturated rings. The molecule has 3 heteroatoms. The van der Waals surface area contributed by atoms with E-state index in [2.05, 4.69) is 0 Å². The standard InChI is InChI=1S/C12H13ClO2/c1-15-12(8-6-7-8)11(14)9-4-2-3-5-10(9)13/h2-5,8,12H,6-7H2,1H3. The van der Waals surface area contributed by atoms with E-state index in [-0.39, 0.29) is 11.9 Å². The molecule has 0 saturated heterocycles. The first-order chi connectivity index (χ1) is 7.24. The van der Waals surface area contributed by atoms with Crippen molar-refractivity contribution in [1.82, 2.24) is 0 Å². The topological polar surface area (TPSA) is 26.3 Å². The Morgan fingerprint density at radius 2 is 2.13 bits per heavy atom. The van der Waals surface area contributed by atoms with Crippen LogP contribution >= 0.6 is 11.6 Å². The Hall–Kier alpha value is -0.860. The molecule has 1 aliphatic rings. The number of rotatable bonds is 4. The van der Waals surface area contributed by atoms with E-state index in [1.165, 1.54) is 0 Å². The van der Waals surface area contributed by atoms with Gasteiger partial charge in [-0.3, -0.25) is 4.79 Å². The maximum atomic E-state index is 12.1. The smallest absolute Gasteiger partial charge is 0.193 e. The Bertz CT molecular complexity index is 372. The molecule has 1 aliphatic carbocycles. The zero-order chi connectivity index (χ0) is 10.8. The Labute approximate surface area is 94.2 Å². The highest BCUT2D eigenvalue weighted by molar-refractivity contribution is 6.34. The largest absolute Gasteiger partial charge is 0.373 e. The Morgan fingerprint density at radius 3 is 2.67 bits per heavy atom. The lowest BCUT2D eigenvalue weighted by atomic mass is 10.0. The molecule has 0 radical (unpaired) electrons. The molecule has 0 amide bonds. The molecule has 80 valence electrons. The van der Waals surface area contributed by atoms with Crippen molar-refractivity contribution in [3.63, 3.8) is 0 Å². The Balaban J connectivity index is 2.22. The summed E-state index contributed by atoms with van der Waals surface area (Å²) in [4.78, 5) is 12.1. The highest BCUT2D eigenvalue weighted by Gasteiger charge is 2.37. The van der Waals surface area contributed by atoms with Crippen molar-refractivity contribution in [3.8, 4) is 0 Å². The molecule has 1 saturated carbocycles. The van der Waals surface area contributed by atoms with Crippen LogP contribution in [0.1, 0.15) is 23.2 Å². The summed E-state index contributed by atoms with van der Waals surface area (Å²) in [6.45, 7) is 0. The quantitative estimate of drug-likeness (QED) is 0.735. The van der Waals surface area contributed by atoms with Gasteiger partial charge in [0.25, 0.3) is 0 Å². The molecule has 0 aromatic heterocycles. The molecular formula is C12H13ClO2. The molecule has 0 N–H and O–H groups in total. The first kappa shape index (κ1) is 10.7. The van der Waals surface area contributed by atoms with Crippen LogP contribution in [-0.2, 0) is 4.74 Å². The van der Waals surface area contributed by atoms with Gasteiger partial charge < -0.3 is 4.74 Å². The minimum Gasteiger partial charge on any atom is -0.373 e. The molecule has 0 bridgehead atoms. The summed E-state index contributed by atoms with van der Waals surface area (Å²) in [7, 11) is 1.58. The lowest BCUT2D eigenvalue weighted by molar-refractivity contribution is 0.0540. The molecule has 15 heavy (non-hydrogen) atoms. The number of halogens is 1. The molecule has 0 aliphatic heterocycles. The predicted octanol–water partition coefficient (Wildman–Crippen LogP) is 2.95. The average Bonchev–Trinajstić information content (AvgIpc) is 3.03. The van der Waals surface area contributed by atoms with E-state index in [4.69, 9.17) is 16.3 Å². The number of benzene rings is 1. The Kier molecular flexibility index (Phi) is 3.08. The van der Waals surface area contributed by atoms with E-state index in [1.54, 1.807) is 19.2 Å². The zero-order valence-electron chi connectivity index (χ0n) is 8.57. The van der Waals surface area contributed by atoms with Crippen LogP contribution in [0.3, 0.4) is 0 Å². The normalized spacial score (nSPS) is 17.5. The van der Waals surface area contributed by atoms with Gasteiger partial charge in [0.15, 0.2) is 5.78 Å². The fourth-order valence-electron chi connectivity index (χ4n) is 1.73. The average molecular weight is 225 g/mol. The van der Waals surface area contributed by atoms with Crippen molar-refractivity contribution in [2.24, 2.45) is 5.92 Å². The maximum absolute atomic E-state index is 12.1. The van der Waals surface area contributed by atoms with Crippen LogP contribution in [0.2, 0.25) is 5.02 Å². The number of hydrogen-bond donors (Lipinski definition) is 0. The molecular weight excluding hydrogens is 212 g/mol. The molecule has 2 nitrogen and oxygen atoms in total. The number of carbonyl (C=O) groups excluding carboxylic acids is 1. The molecule has 0 heterocycles. The van der Waals surface area contributed by atoms with Gasteiger partial charge in [0.05, 0.1) is 5.02 Å². The van der Waals surface area contributed by atoms with Crippen molar-refractivity contribution < 1.29 is 9.53 Å². The third-order valence-corrected chi connectivity index (χ3v) is 3.03. The maximum Gasteiger partial charge on any atom is 0.193 e. The van der Waals surface area contributed by atoms with Crippen molar-refractivity contribution in [2.75, 3.05) is 7.11 Å². The number of ketones is 1. The van der Waals surface area contributed by atoms with E-state index in [0.717, 1.165) is 12.8 Å². The summed E-state index contributed by atoms with van der Waals surface area (Å²) in [5, 5.41) is 0.505. The fraction of sp³-hybridized carbons (Fsp3) is 0.417. The highest BCUT2D eigenvalue weighted by atomic mass is 35.5. The lowest BCUT2D eigenvalue weighted by Crippen LogP contribution is -2.25. The van der Waals surface area contributed by atoms with Gasteiger partial charge >= 0.3 is 0 Å². The van der Waals surface area contributed by atoms with Gasteiger partial charge in [0.2, 0.25) is 0 Å². The van der Waals surface area contributed by atoms with Gasteiger partial charge in [-0.05, 0) is 30.9 Å². The predicted molar refractivity (Wildman–Crippen MR) is 59.3 cm³/mol. The number of hydrogen-bond acceptors (Lipinski definition) is 2. The number of carbonyl (C=O) groups is 1. The number of methoxy groups -OCH3 is 1. The van der Waals surface area contributed by atoms with Gasteiger partial charge in [-0.15, -0.1) is 0 Å². The molecule has 0 spiro atoms. The van der Waals surface area contributed by atoms with Crippen LogP contribution in [0.15, 0.2) is 24.3 Å². The minimum atomic E-state index is -0.315. The van der Waals surface area contributed by atoms with E-state index in [0.29, 0.717) is 16.5 Å². The second kappa shape index (κ2) is 4.33. The summed E-state index contributed by atoms with van der Waals surface area (Å²) >= 11 is 5.97. The summed E-state index contributed by atoms with van der Waals surface area (Å²) in [6.07, 6.45) is 1.84. The van der Waals surface area contributed by atoms with Crippen molar-refractivity contribution in [1.29, 1.82) is 0 Å². The fourth-order valence-corrected chi connectivity index (χ4v) is 1.96. The highest BCUT2D eigenvalue weighted by Crippen LogP contribution is 2.36. The Morgan fingerprint density at radius 1 is 1.47 bits per heavy atom. The SMILES string of the molecule is COC(C(=O)c1ccccc1Cl)C1CC1. The second-order valence-corrected chi connectivity index (χ2v) is 4.25. The minimum absolute atomic E-state index is 0.00519. The van der Waals surface area contributed by atoms with Crippen LogP contribution in [0, 0.1) is 5.92 Å².